The molecule has 208 valence electrons. The normalized spacial score (nSPS) is 21.9. The van der Waals surface area contributed by atoms with Gasteiger partial charge in [0.05, 0.1) is 28.8 Å². The fourth-order valence-corrected chi connectivity index (χ4v) is 6.59. The van der Waals surface area contributed by atoms with Crippen LogP contribution in [0.25, 0.3) is 5.70 Å². The van der Waals surface area contributed by atoms with Gasteiger partial charge in [-0.2, -0.15) is 10.2 Å². The standard InChI is InChI=1S/C29H39N7O2S/c1-6-9-20(25(31)22-12-14-32-28(34-22)38-17-29(2)13-8-15-36(29)5)26(37)19-10-7-11-23-24(19)21(16-30)27(39-23)33-18-35(3)4/h12,14,18-19H,6-11,13,15,17,31H2,1-5H3/t19-,29+/m0/s1. The van der Waals surface area contributed by atoms with Gasteiger partial charge in [0.1, 0.15) is 17.7 Å². The third-order valence-corrected chi connectivity index (χ3v) is 8.93. The molecule has 1 saturated heterocycles. The molecule has 0 unspecified atom stereocenters. The van der Waals surface area contributed by atoms with Gasteiger partial charge in [0.15, 0.2) is 5.78 Å². The van der Waals surface area contributed by atoms with Crippen LogP contribution in [0.15, 0.2) is 22.8 Å². The minimum Gasteiger partial charge on any atom is -0.461 e. The molecule has 3 heterocycles. The first-order valence-corrected chi connectivity index (χ1v) is 14.5. The summed E-state index contributed by atoms with van der Waals surface area (Å²) in [6.45, 7) is 5.74. The van der Waals surface area contributed by atoms with Gasteiger partial charge in [-0.15, -0.1) is 11.3 Å². The molecule has 2 N–H and O–H groups in total. The number of fused-ring (bicyclic) bond motifs is 1. The van der Waals surface area contributed by atoms with E-state index >= 15 is 0 Å². The van der Waals surface area contributed by atoms with Crippen molar-refractivity contribution >= 4 is 34.2 Å². The summed E-state index contributed by atoms with van der Waals surface area (Å²) in [4.78, 5) is 32.7. The lowest BCUT2D eigenvalue weighted by Crippen LogP contribution is -2.43. The summed E-state index contributed by atoms with van der Waals surface area (Å²) in [5.41, 5.74) is 9.32. The molecule has 1 aliphatic heterocycles. The predicted molar refractivity (Wildman–Crippen MR) is 155 cm³/mol. The van der Waals surface area contributed by atoms with E-state index in [0.717, 1.165) is 49.1 Å². The number of nitriles is 1. The number of hydrogen-bond acceptors (Lipinski definition) is 9. The average molecular weight is 550 g/mol. The molecule has 2 aromatic rings. The zero-order chi connectivity index (χ0) is 28.2. The first-order valence-electron chi connectivity index (χ1n) is 13.6. The van der Waals surface area contributed by atoms with Crippen molar-refractivity contribution in [3.05, 3.63) is 39.5 Å². The molecule has 0 amide bonds. The zero-order valence-corrected chi connectivity index (χ0v) is 24.5. The van der Waals surface area contributed by atoms with E-state index in [9.17, 15) is 10.1 Å². The van der Waals surface area contributed by atoms with Crippen LogP contribution in [-0.4, -0.2) is 71.7 Å². The van der Waals surface area contributed by atoms with Gasteiger partial charge in [-0.3, -0.25) is 9.69 Å². The quantitative estimate of drug-likeness (QED) is 0.258. The highest BCUT2D eigenvalue weighted by atomic mass is 32.1. The summed E-state index contributed by atoms with van der Waals surface area (Å²) in [7, 11) is 5.88. The molecule has 2 aliphatic rings. The number of aliphatic imine (C=N–C) groups is 1. The van der Waals surface area contributed by atoms with Crippen molar-refractivity contribution in [2.24, 2.45) is 10.7 Å². The monoisotopic (exact) mass is 549 g/mol. The fourth-order valence-electron chi connectivity index (χ4n) is 5.40. The highest BCUT2D eigenvalue weighted by molar-refractivity contribution is 7.16. The average Bonchev–Trinajstić information content (AvgIpc) is 3.47. The lowest BCUT2D eigenvalue weighted by Gasteiger charge is -2.31. The number of nitrogens with two attached hydrogens (primary N) is 1. The molecule has 2 atom stereocenters. The molecule has 0 bridgehead atoms. The van der Waals surface area contributed by atoms with Gasteiger partial charge < -0.3 is 15.4 Å². The fraction of sp³-hybridized carbons (Fsp3) is 0.552. The molecular formula is C29H39N7O2S. The second-order valence-electron chi connectivity index (χ2n) is 10.9. The Labute approximate surface area is 235 Å². The van der Waals surface area contributed by atoms with Gasteiger partial charge in [0.2, 0.25) is 0 Å². The number of allylic oxidation sites excluding steroid dienone is 1. The Kier molecular flexibility index (Phi) is 9.03. The topological polar surface area (TPSA) is 121 Å². The molecule has 0 spiro atoms. The third kappa shape index (κ3) is 6.15. The van der Waals surface area contributed by atoms with E-state index in [1.807, 2.05) is 25.9 Å². The lowest BCUT2D eigenvalue weighted by atomic mass is 9.79. The van der Waals surface area contributed by atoms with Crippen LogP contribution in [0.5, 0.6) is 6.01 Å². The Morgan fingerprint density at radius 2 is 2.23 bits per heavy atom. The molecule has 1 fully saturated rings. The number of Topliss-reactive ketones (excluding diaryl/α,β-unsaturated/α-hetero) is 1. The van der Waals surface area contributed by atoms with Gasteiger partial charge in [-0.25, -0.2) is 9.98 Å². The summed E-state index contributed by atoms with van der Waals surface area (Å²) in [6.07, 6.45) is 9.19. The predicted octanol–water partition coefficient (Wildman–Crippen LogP) is 4.65. The number of likely N-dealkylation sites (tertiary alicyclic amines) is 1. The molecule has 0 saturated carbocycles. The number of aromatic nitrogens is 2. The van der Waals surface area contributed by atoms with Crippen molar-refractivity contribution < 1.29 is 9.53 Å². The summed E-state index contributed by atoms with van der Waals surface area (Å²) in [5, 5.41) is 10.7. The van der Waals surface area contributed by atoms with Gasteiger partial charge in [0.25, 0.3) is 0 Å². The number of ketones is 1. The van der Waals surface area contributed by atoms with Crippen LogP contribution in [0.1, 0.15) is 80.0 Å². The molecule has 2 aromatic heterocycles. The minimum atomic E-state index is -0.418. The summed E-state index contributed by atoms with van der Waals surface area (Å²) < 4.78 is 6.01. The summed E-state index contributed by atoms with van der Waals surface area (Å²) in [6, 6.07) is 4.31. The minimum absolute atomic E-state index is 0.0334. The molecule has 9 nitrogen and oxygen atoms in total. The Bertz CT molecular complexity index is 1310. The number of hydrogen-bond donors (Lipinski definition) is 1. The number of carbonyl (C=O) groups excluding carboxylic acids is 1. The van der Waals surface area contributed by atoms with Crippen molar-refractivity contribution in [1.82, 2.24) is 19.8 Å². The van der Waals surface area contributed by atoms with Crippen LogP contribution in [0.3, 0.4) is 0 Å². The molecule has 10 heteroatoms. The maximum absolute atomic E-state index is 14.1. The smallest absolute Gasteiger partial charge is 0.317 e. The van der Waals surface area contributed by atoms with Crippen LogP contribution in [0.4, 0.5) is 5.00 Å². The Hall–Kier alpha value is -3.29. The molecule has 4 rings (SSSR count). The molecule has 0 radical (unpaired) electrons. The summed E-state index contributed by atoms with van der Waals surface area (Å²) >= 11 is 1.51. The maximum Gasteiger partial charge on any atom is 0.317 e. The lowest BCUT2D eigenvalue weighted by molar-refractivity contribution is -0.117. The maximum atomic E-state index is 14.1. The molecule has 1 aliphatic carbocycles. The highest BCUT2D eigenvalue weighted by Gasteiger charge is 2.36. The van der Waals surface area contributed by atoms with E-state index in [1.54, 1.807) is 18.6 Å². The van der Waals surface area contributed by atoms with Crippen LogP contribution in [0.2, 0.25) is 0 Å². The number of likely N-dealkylation sites (N-methyl/N-ethyl adjacent to an activating group) is 1. The second-order valence-corrected chi connectivity index (χ2v) is 12.0. The number of aryl methyl sites for hydroxylation is 1. The zero-order valence-electron chi connectivity index (χ0n) is 23.7. The van der Waals surface area contributed by atoms with E-state index in [4.69, 9.17) is 10.5 Å². The second kappa shape index (κ2) is 12.3. The van der Waals surface area contributed by atoms with Crippen LogP contribution >= 0.6 is 11.3 Å². The van der Waals surface area contributed by atoms with Crippen LogP contribution < -0.4 is 10.5 Å². The van der Waals surface area contributed by atoms with E-state index in [-0.39, 0.29) is 17.3 Å². The van der Waals surface area contributed by atoms with Crippen molar-refractivity contribution in [2.45, 2.75) is 70.3 Å². The van der Waals surface area contributed by atoms with E-state index in [0.29, 0.717) is 47.0 Å². The summed E-state index contributed by atoms with van der Waals surface area (Å²) in [5.74, 6) is -0.452. The first-order chi connectivity index (χ1) is 18.7. The third-order valence-electron chi connectivity index (χ3n) is 7.76. The number of carbonyl (C=O) groups is 1. The van der Waals surface area contributed by atoms with Crippen LogP contribution in [0, 0.1) is 11.3 Å². The number of ether oxygens (including phenoxy) is 1. The SMILES string of the molecule is CCCC(C(=O)[C@H]1CCCc2sc(N=CN(C)C)c(C#N)c21)=C(N)c1ccnc(OC[C@@]2(C)CCCN2C)n1. The van der Waals surface area contributed by atoms with Crippen molar-refractivity contribution in [3.8, 4) is 12.1 Å². The van der Waals surface area contributed by atoms with Crippen molar-refractivity contribution in [1.29, 1.82) is 5.26 Å². The molecular weight excluding hydrogens is 510 g/mol. The molecule has 0 aromatic carbocycles. The Balaban J connectivity index is 1.65. The van der Waals surface area contributed by atoms with E-state index < -0.39 is 5.92 Å². The van der Waals surface area contributed by atoms with Gasteiger partial charge in [0, 0.05) is 36.7 Å². The van der Waals surface area contributed by atoms with Crippen molar-refractivity contribution in [2.75, 3.05) is 34.3 Å². The molecule has 39 heavy (non-hydrogen) atoms. The van der Waals surface area contributed by atoms with Crippen LogP contribution in [-0.2, 0) is 11.2 Å². The number of rotatable bonds is 10. The van der Waals surface area contributed by atoms with Crippen molar-refractivity contribution in [3.63, 3.8) is 0 Å². The van der Waals surface area contributed by atoms with E-state index in [1.165, 1.54) is 11.3 Å². The van der Waals surface area contributed by atoms with Gasteiger partial charge in [-0.05, 0) is 70.7 Å². The van der Waals surface area contributed by atoms with Gasteiger partial charge >= 0.3 is 6.01 Å². The largest absolute Gasteiger partial charge is 0.461 e. The van der Waals surface area contributed by atoms with Gasteiger partial charge in [-0.1, -0.05) is 13.3 Å². The number of thiophene rings is 1. The Morgan fingerprint density at radius 3 is 2.90 bits per heavy atom. The van der Waals surface area contributed by atoms with E-state index in [2.05, 4.69) is 39.9 Å². The Morgan fingerprint density at radius 1 is 1.44 bits per heavy atom. The first kappa shape index (κ1) is 28.7. The highest BCUT2D eigenvalue weighted by Crippen LogP contribution is 2.46. The number of nitrogens with zero attached hydrogens (tertiary/aromatic N) is 6.